The Bertz CT molecular complexity index is 522. The fraction of sp³-hybridized carbons (Fsp3) is 0.533. The van der Waals surface area contributed by atoms with E-state index in [2.05, 4.69) is 0 Å². The van der Waals surface area contributed by atoms with Gasteiger partial charge in [0, 0.05) is 6.42 Å². The Morgan fingerprint density at radius 3 is 2.70 bits per heavy atom. The van der Waals surface area contributed by atoms with Gasteiger partial charge in [0.15, 0.2) is 5.78 Å². The zero-order valence-corrected chi connectivity index (χ0v) is 11.5. The van der Waals surface area contributed by atoms with Crippen LogP contribution in [0.3, 0.4) is 0 Å². The molecule has 1 aliphatic heterocycles. The molecule has 0 saturated heterocycles. The molecule has 0 bridgehead atoms. The highest BCUT2D eigenvalue weighted by molar-refractivity contribution is 6.00. The first-order valence-corrected chi connectivity index (χ1v) is 6.58. The number of ether oxygens (including phenoxy) is 1. The minimum Gasteiger partial charge on any atom is -0.486 e. The topological polar surface area (TPSA) is 26.3 Å². The minimum absolute atomic E-state index is 0.0333. The molecule has 0 N–H and O–H groups in total. The molecule has 0 aliphatic carbocycles. The van der Waals surface area contributed by atoms with Gasteiger partial charge in [-0.1, -0.05) is 11.6 Å². The third kappa shape index (κ3) is 3.52. The number of hydrogen-bond donors (Lipinski definition) is 0. The summed E-state index contributed by atoms with van der Waals surface area (Å²) in [6.07, 6.45) is -4.70. The third-order valence-electron chi connectivity index (χ3n) is 3.49. The van der Waals surface area contributed by atoms with Crippen LogP contribution in [0.15, 0.2) is 18.2 Å². The summed E-state index contributed by atoms with van der Waals surface area (Å²) in [6.45, 7) is 3.58. The molecule has 0 spiro atoms. The number of benzene rings is 1. The van der Waals surface area contributed by atoms with Crippen LogP contribution >= 0.6 is 0 Å². The predicted molar refractivity (Wildman–Crippen MR) is 69.1 cm³/mol. The van der Waals surface area contributed by atoms with Crippen LogP contribution < -0.4 is 4.74 Å². The second kappa shape index (κ2) is 5.11. The molecule has 2 rings (SSSR count). The van der Waals surface area contributed by atoms with Crippen molar-refractivity contribution in [1.29, 1.82) is 0 Å². The second-order valence-electron chi connectivity index (χ2n) is 5.62. The second-order valence-corrected chi connectivity index (χ2v) is 5.62. The minimum atomic E-state index is -4.16. The molecule has 20 heavy (non-hydrogen) atoms. The smallest absolute Gasteiger partial charge is 0.389 e. The van der Waals surface area contributed by atoms with Crippen LogP contribution in [0.4, 0.5) is 13.2 Å². The number of alkyl halides is 3. The number of carbonyl (C=O) groups is 1. The van der Waals surface area contributed by atoms with E-state index in [1.807, 2.05) is 13.0 Å². The lowest BCUT2D eigenvalue weighted by Gasteiger charge is -2.35. The summed E-state index contributed by atoms with van der Waals surface area (Å²) in [5.41, 5.74) is 0.643. The van der Waals surface area contributed by atoms with Crippen molar-refractivity contribution < 1.29 is 22.7 Å². The largest absolute Gasteiger partial charge is 0.486 e. The lowest BCUT2D eigenvalue weighted by atomic mass is 9.87. The molecule has 1 aromatic rings. The van der Waals surface area contributed by atoms with E-state index in [1.165, 1.54) is 0 Å². The number of Topliss-reactive ketones (excluding diaryl/α,β-unsaturated/α-hetero) is 1. The van der Waals surface area contributed by atoms with Crippen LogP contribution in [0.1, 0.15) is 48.5 Å². The summed E-state index contributed by atoms with van der Waals surface area (Å²) in [5.74, 6) is 0.408. The normalized spacial score (nSPS) is 22.4. The van der Waals surface area contributed by atoms with E-state index in [4.69, 9.17) is 4.74 Å². The first kappa shape index (κ1) is 14.9. The standard InChI is InChI=1S/C15H17F3O2/c1-10-4-5-13-11(8-10)12(19)9-14(2,20-13)6-3-7-15(16,17)18/h4-5,8H,3,6-7,9H2,1-2H3. The van der Waals surface area contributed by atoms with Gasteiger partial charge in [-0.05, 0) is 38.8 Å². The Hall–Kier alpha value is -1.52. The van der Waals surface area contributed by atoms with Crippen molar-refractivity contribution in [2.45, 2.75) is 51.3 Å². The maximum absolute atomic E-state index is 12.2. The molecule has 1 atom stereocenters. The van der Waals surface area contributed by atoms with E-state index < -0.39 is 18.2 Å². The van der Waals surface area contributed by atoms with Crippen LogP contribution in [0.5, 0.6) is 5.75 Å². The molecule has 0 amide bonds. The fourth-order valence-corrected chi connectivity index (χ4v) is 2.49. The van der Waals surface area contributed by atoms with Gasteiger partial charge in [-0.3, -0.25) is 4.79 Å². The van der Waals surface area contributed by atoms with E-state index in [1.54, 1.807) is 19.1 Å². The molecule has 110 valence electrons. The van der Waals surface area contributed by atoms with Gasteiger partial charge in [0.1, 0.15) is 11.4 Å². The molecule has 1 aliphatic rings. The first-order valence-electron chi connectivity index (χ1n) is 6.58. The summed E-state index contributed by atoms with van der Waals surface area (Å²) >= 11 is 0. The van der Waals surface area contributed by atoms with Crippen molar-refractivity contribution in [3.8, 4) is 5.75 Å². The van der Waals surface area contributed by atoms with Gasteiger partial charge in [0.2, 0.25) is 0 Å². The molecule has 5 heteroatoms. The van der Waals surface area contributed by atoms with E-state index in [-0.39, 0.29) is 25.0 Å². The molecular formula is C15H17F3O2. The first-order chi connectivity index (χ1) is 9.19. The molecule has 2 nitrogen and oxygen atoms in total. The number of carbonyl (C=O) groups excluding carboxylic acids is 1. The van der Waals surface area contributed by atoms with Crippen LogP contribution in [-0.4, -0.2) is 17.6 Å². The van der Waals surface area contributed by atoms with Crippen molar-refractivity contribution in [2.75, 3.05) is 0 Å². The van der Waals surface area contributed by atoms with E-state index >= 15 is 0 Å². The van der Waals surface area contributed by atoms with Crippen LogP contribution in [0.25, 0.3) is 0 Å². The third-order valence-corrected chi connectivity index (χ3v) is 3.49. The van der Waals surface area contributed by atoms with Crippen molar-refractivity contribution >= 4 is 5.78 Å². The molecule has 0 fully saturated rings. The summed E-state index contributed by atoms with van der Waals surface area (Å²) in [5, 5.41) is 0. The highest BCUT2D eigenvalue weighted by atomic mass is 19.4. The monoisotopic (exact) mass is 286 g/mol. The number of aryl methyl sites for hydroxylation is 1. The van der Waals surface area contributed by atoms with Gasteiger partial charge >= 0.3 is 6.18 Å². The molecule has 0 radical (unpaired) electrons. The molecule has 0 aromatic heterocycles. The predicted octanol–water partition coefficient (Wildman–Crippen LogP) is 4.45. The van der Waals surface area contributed by atoms with E-state index in [0.29, 0.717) is 11.3 Å². The quantitative estimate of drug-likeness (QED) is 0.820. The maximum Gasteiger partial charge on any atom is 0.389 e. The Balaban J connectivity index is 2.09. The maximum atomic E-state index is 12.2. The summed E-state index contributed by atoms with van der Waals surface area (Å²) < 4.78 is 42.3. The fourth-order valence-electron chi connectivity index (χ4n) is 2.49. The SMILES string of the molecule is Cc1ccc2c(c1)C(=O)CC(C)(CCCC(F)(F)F)O2. The van der Waals surface area contributed by atoms with Crippen LogP contribution in [0, 0.1) is 6.92 Å². The lowest BCUT2D eigenvalue weighted by Crippen LogP contribution is -2.39. The van der Waals surface area contributed by atoms with Gasteiger partial charge in [0.05, 0.1) is 12.0 Å². The highest BCUT2D eigenvalue weighted by Crippen LogP contribution is 2.37. The number of rotatable bonds is 3. The summed E-state index contributed by atoms with van der Waals surface area (Å²) in [7, 11) is 0. The van der Waals surface area contributed by atoms with Gasteiger partial charge in [-0.2, -0.15) is 13.2 Å². The van der Waals surface area contributed by atoms with E-state index in [9.17, 15) is 18.0 Å². The molecule has 1 heterocycles. The average Bonchev–Trinajstić information content (AvgIpc) is 2.28. The van der Waals surface area contributed by atoms with E-state index in [0.717, 1.165) is 5.56 Å². The van der Waals surface area contributed by atoms with Crippen molar-refractivity contribution in [3.05, 3.63) is 29.3 Å². The molecule has 1 unspecified atom stereocenters. The van der Waals surface area contributed by atoms with Crippen molar-refractivity contribution in [3.63, 3.8) is 0 Å². The Morgan fingerprint density at radius 1 is 1.35 bits per heavy atom. The average molecular weight is 286 g/mol. The van der Waals surface area contributed by atoms with Crippen LogP contribution in [-0.2, 0) is 0 Å². The van der Waals surface area contributed by atoms with Gasteiger partial charge < -0.3 is 4.74 Å². The Morgan fingerprint density at radius 2 is 2.05 bits per heavy atom. The zero-order valence-electron chi connectivity index (χ0n) is 11.5. The number of hydrogen-bond acceptors (Lipinski definition) is 2. The highest BCUT2D eigenvalue weighted by Gasteiger charge is 2.37. The lowest BCUT2D eigenvalue weighted by molar-refractivity contribution is -0.137. The Labute approximate surface area is 115 Å². The van der Waals surface area contributed by atoms with Gasteiger partial charge in [-0.15, -0.1) is 0 Å². The summed E-state index contributed by atoms with van der Waals surface area (Å²) in [4.78, 5) is 12.1. The molecular weight excluding hydrogens is 269 g/mol. The Kier molecular flexibility index (Phi) is 3.80. The zero-order chi connectivity index (χ0) is 15.0. The van der Waals surface area contributed by atoms with Crippen molar-refractivity contribution in [2.24, 2.45) is 0 Å². The number of ketones is 1. The summed E-state index contributed by atoms with van der Waals surface area (Å²) in [6, 6.07) is 5.30. The van der Waals surface area contributed by atoms with Crippen LogP contribution in [0.2, 0.25) is 0 Å². The van der Waals surface area contributed by atoms with Gasteiger partial charge in [0.25, 0.3) is 0 Å². The van der Waals surface area contributed by atoms with Crippen molar-refractivity contribution in [1.82, 2.24) is 0 Å². The van der Waals surface area contributed by atoms with Gasteiger partial charge in [-0.25, -0.2) is 0 Å². The number of fused-ring (bicyclic) bond motifs is 1. The molecule has 1 aromatic carbocycles. The number of halogens is 3. The molecule has 0 saturated carbocycles.